The fraction of sp³-hybridized carbons (Fsp3) is 0.333. The lowest BCUT2D eigenvalue weighted by Gasteiger charge is -2.33. The van der Waals surface area contributed by atoms with Crippen LogP contribution in [0.4, 0.5) is 14.5 Å². The minimum absolute atomic E-state index is 0.175. The Morgan fingerprint density at radius 2 is 1.94 bits per heavy atom. The highest BCUT2D eigenvalue weighted by molar-refractivity contribution is 5.38. The van der Waals surface area contributed by atoms with Crippen molar-refractivity contribution >= 4 is 5.69 Å². The smallest absolute Gasteiger partial charge is 0.305 e. The first-order valence-electron chi connectivity index (χ1n) is 4.43. The van der Waals surface area contributed by atoms with Gasteiger partial charge in [0.15, 0.2) is 12.6 Å². The normalized spacial score (nSPS) is 23.9. The van der Waals surface area contributed by atoms with E-state index in [9.17, 15) is 18.9 Å². The molecule has 0 aliphatic carbocycles. The van der Waals surface area contributed by atoms with E-state index in [-0.39, 0.29) is 5.56 Å². The number of ether oxygens (including phenoxy) is 2. The molecule has 1 fully saturated rings. The standard InChI is InChI=1S/C9H7F2NO4/c1-4-15-9(16-4)5-2-8(12(13)14)7(11)3-6(5)10/h2-4,9H,1H3. The van der Waals surface area contributed by atoms with Gasteiger partial charge in [-0.05, 0) is 6.92 Å². The molecule has 7 heteroatoms. The van der Waals surface area contributed by atoms with Crippen molar-refractivity contribution in [2.45, 2.75) is 19.5 Å². The molecule has 2 rings (SSSR count). The lowest BCUT2D eigenvalue weighted by molar-refractivity contribution is -0.391. The van der Waals surface area contributed by atoms with Crippen LogP contribution in [0.3, 0.4) is 0 Å². The molecule has 1 heterocycles. The van der Waals surface area contributed by atoms with E-state index in [2.05, 4.69) is 0 Å². The molecular formula is C9H7F2NO4. The van der Waals surface area contributed by atoms with E-state index >= 15 is 0 Å². The SMILES string of the molecule is CC1OC(c2cc([N+](=O)[O-])c(F)cc2F)O1. The number of nitro groups is 1. The first kappa shape index (κ1) is 10.9. The van der Waals surface area contributed by atoms with E-state index in [1.165, 1.54) is 0 Å². The molecule has 0 amide bonds. The maximum Gasteiger partial charge on any atom is 0.305 e. The molecule has 86 valence electrons. The van der Waals surface area contributed by atoms with Crippen LogP contribution in [0.5, 0.6) is 0 Å². The van der Waals surface area contributed by atoms with Crippen LogP contribution in [0.15, 0.2) is 12.1 Å². The zero-order valence-electron chi connectivity index (χ0n) is 8.15. The third kappa shape index (κ3) is 1.74. The summed E-state index contributed by atoms with van der Waals surface area (Å²) < 4.78 is 36.2. The Kier molecular flexibility index (Phi) is 2.56. The molecule has 0 saturated carbocycles. The molecular weight excluding hydrogens is 224 g/mol. The Labute approximate surface area is 88.7 Å². The van der Waals surface area contributed by atoms with Gasteiger partial charge in [0.05, 0.1) is 10.5 Å². The number of benzene rings is 1. The van der Waals surface area contributed by atoms with Crippen molar-refractivity contribution in [3.63, 3.8) is 0 Å². The molecule has 1 aromatic carbocycles. The average molecular weight is 231 g/mol. The number of nitrogens with zero attached hydrogens (tertiary/aromatic N) is 1. The second-order valence-electron chi connectivity index (χ2n) is 3.25. The highest BCUT2D eigenvalue weighted by atomic mass is 19.1. The van der Waals surface area contributed by atoms with Crippen molar-refractivity contribution in [3.8, 4) is 0 Å². The van der Waals surface area contributed by atoms with E-state index in [0.29, 0.717) is 6.07 Å². The molecule has 1 aromatic rings. The predicted molar refractivity (Wildman–Crippen MR) is 47.4 cm³/mol. The number of rotatable bonds is 2. The Bertz CT molecular complexity index is 445. The minimum Gasteiger partial charge on any atom is -0.319 e. The third-order valence-corrected chi connectivity index (χ3v) is 2.15. The van der Waals surface area contributed by atoms with Crippen LogP contribution in [0.1, 0.15) is 18.8 Å². The summed E-state index contributed by atoms with van der Waals surface area (Å²) in [5, 5.41) is 10.4. The van der Waals surface area contributed by atoms with Crippen molar-refractivity contribution < 1.29 is 23.2 Å². The molecule has 5 nitrogen and oxygen atoms in total. The van der Waals surface area contributed by atoms with E-state index in [1.54, 1.807) is 6.92 Å². The van der Waals surface area contributed by atoms with Gasteiger partial charge in [0.25, 0.3) is 0 Å². The van der Waals surface area contributed by atoms with Gasteiger partial charge in [-0.3, -0.25) is 10.1 Å². The van der Waals surface area contributed by atoms with Gasteiger partial charge in [0.2, 0.25) is 5.82 Å². The summed E-state index contributed by atoms with van der Waals surface area (Å²) in [5.74, 6) is -2.15. The minimum atomic E-state index is -1.22. The highest BCUT2D eigenvalue weighted by Gasteiger charge is 2.33. The van der Waals surface area contributed by atoms with Gasteiger partial charge in [-0.2, -0.15) is 4.39 Å². The molecule has 0 radical (unpaired) electrons. The summed E-state index contributed by atoms with van der Waals surface area (Å²) in [4.78, 5) is 9.51. The second kappa shape index (κ2) is 3.76. The van der Waals surface area contributed by atoms with Crippen LogP contribution in [0.25, 0.3) is 0 Å². The maximum absolute atomic E-state index is 13.3. The fourth-order valence-corrected chi connectivity index (χ4v) is 1.38. The average Bonchev–Trinajstić information content (AvgIpc) is 2.13. The summed E-state index contributed by atoms with van der Waals surface area (Å²) >= 11 is 0. The van der Waals surface area contributed by atoms with E-state index in [0.717, 1.165) is 6.07 Å². The molecule has 1 saturated heterocycles. The Morgan fingerprint density at radius 1 is 1.31 bits per heavy atom. The van der Waals surface area contributed by atoms with Crippen molar-refractivity contribution in [1.82, 2.24) is 0 Å². The molecule has 1 aliphatic heterocycles. The number of halogens is 2. The van der Waals surface area contributed by atoms with Crippen LogP contribution >= 0.6 is 0 Å². The van der Waals surface area contributed by atoms with Gasteiger partial charge < -0.3 is 9.47 Å². The molecule has 0 spiro atoms. The topological polar surface area (TPSA) is 61.6 Å². The van der Waals surface area contributed by atoms with Crippen LogP contribution in [0, 0.1) is 21.7 Å². The molecule has 16 heavy (non-hydrogen) atoms. The van der Waals surface area contributed by atoms with Gasteiger partial charge in [0, 0.05) is 12.1 Å². The van der Waals surface area contributed by atoms with Gasteiger partial charge in [-0.15, -0.1) is 0 Å². The number of nitro benzene ring substituents is 1. The fourth-order valence-electron chi connectivity index (χ4n) is 1.38. The molecule has 0 aromatic heterocycles. The second-order valence-corrected chi connectivity index (χ2v) is 3.25. The zero-order chi connectivity index (χ0) is 11.9. The molecule has 0 bridgehead atoms. The van der Waals surface area contributed by atoms with Gasteiger partial charge >= 0.3 is 5.69 Å². The van der Waals surface area contributed by atoms with E-state index < -0.39 is 34.8 Å². The number of hydrogen-bond acceptors (Lipinski definition) is 4. The lowest BCUT2D eigenvalue weighted by atomic mass is 10.1. The summed E-state index contributed by atoms with van der Waals surface area (Å²) in [6.07, 6.45) is -1.50. The van der Waals surface area contributed by atoms with Crippen LogP contribution in [-0.2, 0) is 9.47 Å². The van der Waals surface area contributed by atoms with E-state index in [1.807, 2.05) is 0 Å². The van der Waals surface area contributed by atoms with Crippen LogP contribution in [-0.4, -0.2) is 11.2 Å². The quantitative estimate of drug-likeness (QED) is 0.578. The highest BCUT2D eigenvalue weighted by Crippen LogP contribution is 2.35. The first-order valence-corrected chi connectivity index (χ1v) is 4.43. The first-order chi connectivity index (χ1) is 7.49. The Morgan fingerprint density at radius 3 is 2.44 bits per heavy atom. The molecule has 1 aliphatic rings. The summed E-state index contributed by atoms with van der Waals surface area (Å²) in [6.45, 7) is 1.59. The molecule has 0 N–H and O–H groups in total. The summed E-state index contributed by atoms with van der Waals surface area (Å²) in [5.41, 5.74) is -0.977. The van der Waals surface area contributed by atoms with Crippen molar-refractivity contribution in [3.05, 3.63) is 39.4 Å². The number of hydrogen-bond donors (Lipinski definition) is 0. The third-order valence-electron chi connectivity index (χ3n) is 2.15. The summed E-state index contributed by atoms with van der Waals surface area (Å²) in [6, 6.07) is 1.23. The molecule has 0 unspecified atom stereocenters. The maximum atomic E-state index is 13.3. The zero-order valence-corrected chi connectivity index (χ0v) is 8.15. The van der Waals surface area contributed by atoms with Crippen molar-refractivity contribution in [2.24, 2.45) is 0 Å². The Hall–Kier alpha value is -1.60. The Balaban J connectivity index is 2.38. The predicted octanol–water partition coefficient (Wildman–Crippen LogP) is 2.26. The summed E-state index contributed by atoms with van der Waals surface area (Å²) in [7, 11) is 0. The monoisotopic (exact) mass is 231 g/mol. The van der Waals surface area contributed by atoms with Crippen molar-refractivity contribution in [1.29, 1.82) is 0 Å². The van der Waals surface area contributed by atoms with Gasteiger partial charge in [0.1, 0.15) is 5.82 Å². The van der Waals surface area contributed by atoms with Gasteiger partial charge in [-0.25, -0.2) is 4.39 Å². The van der Waals surface area contributed by atoms with E-state index in [4.69, 9.17) is 9.47 Å². The lowest BCUT2D eigenvalue weighted by Crippen LogP contribution is -2.32. The van der Waals surface area contributed by atoms with Gasteiger partial charge in [-0.1, -0.05) is 0 Å². The van der Waals surface area contributed by atoms with Crippen LogP contribution in [0.2, 0.25) is 0 Å². The van der Waals surface area contributed by atoms with Crippen molar-refractivity contribution in [2.75, 3.05) is 0 Å². The van der Waals surface area contributed by atoms with Crippen LogP contribution < -0.4 is 0 Å². The largest absolute Gasteiger partial charge is 0.319 e. The molecule has 0 atom stereocenters.